The molecule has 1 N–H and O–H groups in total. The minimum atomic E-state index is -0.319. The zero-order chi connectivity index (χ0) is 18.7. The molecule has 26 heavy (non-hydrogen) atoms. The van der Waals surface area contributed by atoms with Crippen molar-refractivity contribution in [2.75, 3.05) is 26.7 Å². The highest BCUT2D eigenvalue weighted by molar-refractivity contribution is 5.21. The van der Waals surface area contributed by atoms with E-state index < -0.39 is 0 Å². The average molecular weight is 358 g/mol. The number of nitrogens with zero attached hydrogens (tertiary/aromatic N) is 3. The van der Waals surface area contributed by atoms with Crippen LogP contribution < -0.4 is 16.6 Å². The number of morpholine rings is 1. The predicted molar refractivity (Wildman–Crippen MR) is 100 cm³/mol. The van der Waals surface area contributed by atoms with Crippen molar-refractivity contribution >= 4 is 0 Å². The fourth-order valence-electron chi connectivity index (χ4n) is 3.51. The molecule has 2 aromatic rings. The van der Waals surface area contributed by atoms with Gasteiger partial charge >= 0.3 is 5.69 Å². The van der Waals surface area contributed by atoms with Crippen molar-refractivity contribution in [2.45, 2.75) is 18.7 Å². The molecule has 2 atom stereocenters. The largest absolute Gasteiger partial charge is 0.374 e. The Morgan fingerprint density at radius 1 is 1.15 bits per heavy atom. The lowest BCUT2D eigenvalue weighted by Crippen LogP contribution is -2.47. The molecule has 1 aromatic carbocycles. The molecule has 1 saturated heterocycles. The van der Waals surface area contributed by atoms with Crippen LogP contribution in [0.1, 0.15) is 17.2 Å². The lowest BCUT2D eigenvalue weighted by atomic mass is 9.98. The van der Waals surface area contributed by atoms with Gasteiger partial charge in [0.2, 0.25) is 0 Å². The third-order valence-electron chi connectivity index (χ3n) is 4.92. The van der Waals surface area contributed by atoms with Crippen LogP contribution in [-0.4, -0.2) is 46.9 Å². The van der Waals surface area contributed by atoms with Gasteiger partial charge in [-0.15, -0.1) is 0 Å². The van der Waals surface area contributed by atoms with Gasteiger partial charge < -0.3 is 14.6 Å². The topological polar surface area (TPSA) is 68.5 Å². The monoisotopic (exact) mass is 358 g/mol. The number of likely N-dealkylation sites (N-methyl/N-ethyl adjacent to an activating group) is 1. The van der Waals surface area contributed by atoms with Gasteiger partial charge in [0.15, 0.2) is 0 Å². The fraction of sp³-hybridized carbons (Fsp3) is 0.474. The highest BCUT2D eigenvalue weighted by atomic mass is 16.5. The maximum absolute atomic E-state index is 12.2. The molecule has 7 nitrogen and oxygen atoms in total. The van der Waals surface area contributed by atoms with E-state index in [1.165, 1.54) is 17.2 Å². The molecule has 0 amide bonds. The number of aromatic nitrogens is 2. The summed E-state index contributed by atoms with van der Waals surface area (Å²) in [6.45, 7) is 2.59. The van der Waals surface area contributed by atoms with Crippen LogP contribution in [-0.2, 0) is 25.4 Å². The van der Waals surface area contributed by atoms with Crippen molar-refractivity contribution in [1.82, 2.24) is 19.4 Å². The van der Waals surface area contributed by atoms with Gasteiger partial charge in [0, 0.05) is 45.5 Å². The number of benzene rings is 1. The molecule has 140 valence electrons. The zero-order valence-corrected chi connectivity index (χ0v) is 15.5. The number of hydrogen-bond donors (Lipinski definition) is 1. The normalized spacial score (nSPS) is 21.0. The minimum Gasteiger partial charge on any atom is -0.374 e. The Morgan fingerprint density at radius 3 is 2.62 bits per heavy atom. The van der Waals surface area contributed by atoms with Crippen LogP contribution in [0.5, 0.6) is 0 Å². The number of hydrogen-bond acceptors (Lipinski definition) is 5. The Bertz CT molecular complexity index is 859. The first-order valence-electron chi connectivity index (χ1n) is 8.82. The van der Waals surface area contributed by atoms with Crippen LogP contribution in [0.25, 0.3) is 0 Å². The summed E-state index contributed by atoms with van der Waals surface area (Å²) < 4.78 is 8.57. The van der Waals surface area contributed by atoms with E-state index in [-0.39, 0.29) is 23.4 Å². The minimum absolute atomic E-state index is 0.00691. The second-order valence-corrected chi connectivity index (χ2v) is 6.79. The molecule has 1 aliphatic rings. The molecule has 0 spiro atoms. The van der Waals surface area contributed by atoms with Gasteiger partial charge in [0.25, 0.3) is 5.56 Å². The average Bonchev–Trinajstić information content (AvgIpc) is 2.65. The Kier molecular flexibility index (Phi) is 5.70. The first-order valence-corrected chi connectivity index (χ1v) is 8.82. The number of nitrogens with one attached hydrogen (secondary N) is 1. The van der Waals surface area contributed by atoms with E-state index in [0.29, 0.717) is 25.3 Å². The Hall–Kier alpha value is -2.22. The van der Waals surface area contributed by atoms with Crippen LogP contribution in [0.3, 0.4) is 0 Å². The molecule has 0 unspecified atom stereocenters. The van der Waals surface area contributed by atoms with E-state index in [9.17, 15) is 9.59 Å². The van der Waals surface area contributed by atoms with Crippen LogP contribution in [0.4, 0.5) is 0 Å². The van der Waals surface area contributed by atoms with Crippen LogP contribution in [0.15, 0.2) is 46.1 Å². The molecule has 0 radical (unpaired) electrons. The number of aryl methyl sites for hydroxylation is 1. The SMILES string of the molecule is CN1CCO[C@@H](CNCc2cn(C)c(=O)n(C)c2=O)[C@@H]1c1ccccc1. The van der Waals surface area contributed by atoms with Crippen LogP contribution >= 0.6 is 0 Å². The third-order valence-corrected chi connectivity index (χ3v) is 4.92. The summed E-state index contributed by atoms with van der Waals surface area (Å²) in [6, 6.07) is 10.5. The molecule has 0 saturated carbocycles. The molecule has 0 bridgehead atoms. The first kappa shape index (κ1) is 18.6. The van der Waals surface area contributed by atoms with E-state index in [2.05, 4.69) is 29.4 Å². The van der Waals surface area contributed by atoms with Gasteiger partial charge in [-0.05, 0) is 12.6 Å². The van der Waals surface area contributed by atoms with Crippen LogP contribution in [0, 0.1) is 0 Å². The summed E-state index contributed by atoms with van der Waals surface area (Å²) in [6.07, 6.45) is 1.59. The Labute approximate surface area is 152 Å². The maximum Gasteiger partial charge on any atom is 0.330 e. The highest BCUT2D eigenvalue weighted by Crippen LogP contribution is 2.27. The van der Waals surface area contributed by atoms with Crippen molar-refractivity contribution in [3.8, 4) is 0 Å². The molecule has 1 aromatic heterocycles. The molecule has 1 fully saturated rings. The van der Waals surface area contributed by atoms with E-state index in [4.69, 9.17) is 4.74 Å². The zero-order valence-electron chi connectivity index (χ0n) is 15.5. The smallest absolute Gasteiger partial charge is 0.330 e. The third kappa shape index (κ3) is 3.80. The molecule has 2 heterocycles. The second-order valence-electron chi connectivity index (χ2n) is 6.79. The van der Waals surface area contributed by atoms with Gasteiger partial charge in [0.05, 0.1) is 18.8 Å². The van der Waals surface area contributed by atoms with Gasteiger partial charge in [-0.3, -0.25) is 14.3 Å². The summed E-state index contributed by atoms with van der Waals surface area (Å²) in [5.41, 5.74) is 1.21. The summed E-state index contributed by atoms with van der Waals surface area (Å²) in [4.78, 5) is 26.3. The standard InChI is InChI=1S/C19H26N4O3/c1-21-9-10-26-16(17(21)14-7-5-4-6-8-14)12-20-11-15-13-22(2)19(25)23(3)18(15)24/h4-8,13,16-17,20H,9-12H2,1-3H3/t16-,17-/m0/s1. The van der Waals surface area contributed by atoms with E-state index in [1.54, 1.807) is 13.2 Å². The quantitative estimate of drug-likeness (QED) is 0.830. The summed E-state index contributed by atoms with van der Waals surface area (Å²) in [5, 5.41) is 3.33. The van der Waals surface area contributed by atoms with Gasteiger partial charge in [-0.1, -0.05) is 30.3 Å². The Morgan fingerprint density at radius 2 is 1.88 bits per heavy atom. The van der Waals surface area contributed by atoms with E-state index in [0.717, 1.165) is 11.1 Å². The van der Waals surface area contributed by atoms with Crippen LogP contribution in [0.2, 0.25) is 0 Å². The molecule has 0 aliphatic carbocycles. The number of rotatable bonds is 5. The highest BCUT2D eigenvalue weighted by Gasteiger charge is 2.31. The molecule has 3 rings (SSSR count). The first-order chi connectivity index (χ1) is 12.5. The molecular formula is C19H26N4O3. The molecule has 1 aliphatic heterocycles. The molecular weight excluding hydrogens is 332 g/mol. The Balaban J connectivity index is 1.70. The van der Waals surface area contributed by atoms with Gasteiger partial charge in [-0.25, -0.2) is 4.79 Å². The van der Waals surface area contributed by atoms with Crippen molar-refractivity contribution < 1.29 is 4.74 Å². The van der Waals surface area contributed by atoms with Crippen molar-refractivity contribution in [1.29, 1.82) is 0 Å². The summed E-state index contributed by atoms with van der Waals surface area (Å²) in [5.74, 6) is 0. The van der Waals surface area contributed by atoms with Crippen molar-refractivity contribution in [2.24, 2.45) is 14.1 Å². The lowest BCUT2D eigenvalue weighted by Gasteiger charge is -2.39. The second kappa shape index (κ2) is 7.99. The predicted octanol–water partition coefficient (Wildman–Crippen LogP) is 0.246. The maximum atomic E-state index is 12.2. The van der Waals surface area contributed by atoms with E-state index >= 15 is 0 Å². The summed E-state index contributed by atoms with van der Waals surface area (Å²) >= 11 is 0. The fourth-order valence-corrected chi connectivity index (χ4v) is 3.51. The lowest BCUT2D eigenvalue weighted by molar-refractivity contribution is -0.0615. The summed E-state index contributed by atoms with van der Waals surface area (Å²) in [7, 11) is 5.25. The van der Waals surface area contributed by atoms with Gasteiger partial charge in [-0.2, -0.15) is 0 Å². The van der Waals surface area contributed by atoms with Gasteiger partial charge in [0.1, 0.15) is 0 Å². The number of ether oxygens (including phenoxy) is 1. The van der Waals surface area contributed by atoms with Crippen molar-refractivity contribution in [3.63, 3.8) is 0 Å². The van der Waals surface area contributed by atoms with E-state index in [1.807, 2.05) is 18.2 Å². The van der Waals surface area contributed by atoms with Crippen molar-refractivity contribution in [3.05, 3.63) is 68.5 Å². The molecule has 7 heteroatoms.